The second-order valence-corrected chi connectivity index (χ2v) is 5.23. The number of rotatable bonds is 10. The molecule has 1 heterocycles. The highest BCUT2D eigenvalue weighted by Gasteiger charge is 2.31. The van der Waals surface area contributed by atoms with E-state index in [1.54, 1.807) is 7.11 Å². The van der Waals surface area contributed by atoms with Gasteiger partial charge in [-0.15, -0.1) is 0 Å². The van der Waals surface area contributed by atoms with Gasteiger partial charge in [0.2, 0.25) is 0 Å². The maximum absolute atomic E-state index is 5.63. The summed E-state index contributed by atoms with van der Waals surface area (Å²) in [6, 6.07) is 0. The average Bonchev–Trinajstić information content (AvgIpc) is 2.43. The molecule has 5 heteroatoms. The summed E-state index contributed by atoms with van der Waals surface area (Å²) in [5.74, 6) is 0. The normalized spacial score (nSPS) is 24.8. The molecule has 0 spiro atoms. The summed E-state index contributed by atoms with van der Waals surface area (Å²) in [5, 5.41) is 3.47. The van der Waals surface area contributed by atoms with Crippen molar-refractivity contribution in [1.29, 1.82) is 0 Å². The van der Waals surface area contributed by atoms with Crippen LogP contribution in [-0.2, 0) is 14.2 Å². The standard InChI is InChI=1S/C14H30N2O3/c1-4-14(2)13-15-5-6-16(14)7-8-18-11-12-19-10-9-17-3/h15H,4-13H2,1-3H3. The number of methoxy groups -OCH3 is 1. The van der Waals surface area contributed by atoms with Crippen LogP contribution in [0, 0.1) is 0 Å². The van der Waals surface area contributed by atoms with Crippen LogP contribution in [0.1, 0.15) is 20.3 Å². The zero-order chi connectivity index (χ0) is 14.0. The first-order valence-corrected chi connectivity index (χ1v) is 7.33. The minimum absolute atomic E-state index is 0.274. The Bertz CT molecular complexity index is 229. The van der Waals surface area contributed by atoms with Crippen molar-refractivity contribution < 1.29 is 14.2 Å². The van der Waals surface area contributed by atoms with E-state index in [0.29, 0.717) is 26.4 Å². The van der Waals surface area contributed by atoms with Crippen molar-refractivity contribution >= 4 is 0 Å². The third kappa shape index (κ3) is 6.19. The van der Waals surface area contributed by atoms with Gasteiger partial charge in [0, 0.05) is 38.8 Å². The van der Waals surface area contributed by atoms with E-state index in [9.17, 15) is 0 Å². The van der Waals surface area contributed by atoms with Gasteiger partial charge in [-0.3, -0.25) is 4.90 Å². The van der Waals surface area contributed by atoms with Crippen molar-refractivity contribution in [1.82, 2.24) is 10.2 Å². The van der Waals surface area contributed by atoms with Crippen LogP contribution in [0.15, 0.2) is 0 Å². The van der Waals surface area contributed by atoms with Gasteiger partial charge >= 0.3 is 0 Å². The van der Waals surface area contributed by atoms with Crippen molar-refractivity contribution in [2.45, 2.75) is 25.8 Å². The first-order chi connectivity index (χ1) is 9.23. The summed E-state index contributed by atoms with van der Waals surface area (Å²) in [4.78, 5) is 2.54. The Kier molecular flexibility index (Phi) is 8.57. The Balaban J connectivity index is 2.04. The van der Waals surface area contributed by atoms with E-state index >= 15 is 0 Å². The number of ether oxygens (including phenoxy) is 3. The topological polar surface area (TPSA) is 43.0 Å². The highest BCUT2D eigenvalue weighted by atomic mass is 16.5. The van der Waals surface area contributed by atoms with Gasteiger partial charge in [-0.05, 0) is 13.3 Å². The van der Waals surface area contributed by atoms with E-state index in [0.717, 1.165) is 32.8 Å². The molecule has 0 saturated carbocycles. The highest BCUT2D eigenvalue weighted by molar-refractivity contribution is 4.90. The Hall–Kier alpha value is -0.200. The molecule has 1 atom stereocenters. The van der Waals surface area contributed by atoms with E-state index in [2.05, 4.69) is 24.1 Å². The molecule has 0 aromatic heterocycles. The molecule has 1 rings (SSSR count). The third-order valence-electron chi connectivity index (χ3n) is 3.90. The fourth-order valence-electron chi connectivity index (χ4n) is 2.32. The van der Waals surface area contributed by atoms with Crippen LogP contribution < -0.4 is 5.32 Å². The molecule has 19 heavy (non-hydrogen) atoms. The average molecular weight is 274 g/mol. The molecule has 1 fully saturated rings. The molecule has 0 aliphatic carbocycles. The molecule has 0 amide bonds. The predicted molar refractivity (Wildman–Crippen MR) is 76.7 cm³/mol. The van der Waals surface area contributed by atoms with Crippen LogP contribution in [0.5, 0.6) is 0 Å². The Morgan fingerprint density at radius 1 is 1.11 bits per heavy atom. The largest absolute Gasteiger partial charge is 0.382 e. The monoisotopic (exact) mass is 274 g/mol. The first-order valence-electron chi connectivity index (χ1n) is 7.33. The predicted octanol–water partition coefficient (Wildman–Crippen LogP) is 0.740. The molecular formula is C14H30N2O3. The molecule has 0 bridgehead atoms. The molecular weight excluding hydrogens is 244 g/mol. The molecule has 114 valence electrons. The zero-order valence-electron chi connectivity index (χ0n) is 12.7. The molecule has 0 aromatic rings. The van der Waals surface area contributed by atoms with Gasteiger partial charge in [0.05, 0.1) is 33.0 Å². The second-order valence-electron chi connectivity index (χ2n) is 5.23. The van der Waals surface area contributed by atoms with Crippen LogP contribution >= 0.6 is 0 Å². The lowest BCUT2D eigenvalue weighted by atomic mass is 9.94. The van der Waals surface area contributed by atoms with Crippen LogP contribution in [0.3, 0.4) is 0 Å². The van der Waals surface area contributed by atoms with Crippen molar-refractivity contribution in [3.63, 3.8) is 0 Å². The summed E-state index contributed by atoms with van der Waals surface area (Å²) < 4.78 is 15.9. The molecule has 1 unspecified atom stereocenters. The van der Waals surface area contributed by atoms with Gasteiger partial charge in [-0.1, -0.05) is 6.92 Å². The van der Waals surface area contributed by atoms with Crippen molar-refractivity contribution in [2.24, 2.45) is 0 Å². The van der Waals surface area contributed by atoms with Gasteiger partial charge in [-0.25, -0.2) is 0 Å². The van der Waals surface area contributed by atoms with Crippen molar-refractivity contribution in [3.8, 4) is 0 Å². The van der Waals surface area contributed by atoms with Gasteiger partial charge in [0.1, 0.15) is 0 Å². The Morgan fingerprint density at radius 3 is 2.47 bits per heavy atom. The summed E-state index contributed by atoms with van der Waals surface area (Å²) in [5.41, 5.74) is 0.274. The molecule has 1 N–H and O–H groups in total. The fraction of sp³-hybridized carbons (Fsp3) is 1.00. The van der Waals surface area contributed by atoms with Crippen LogP contribution in [0.4, 0.5) is 0 Å². The van der Waals surface area contributed by atoms with E-state index in [-0.39, 0.29) is 5.54 Å². The summed E-state index contributed by atoms with van der Waals surface area (Å²) in [7, 11) is 1.68. The van der Waals surface area contributed by atoms with Gasteiger partial charge < -0.3 is 19.5 Å². The van der Waals surface area contributed by atoms with E-state index in [1.165, 1.54) is 6.42 Å². The van der Waals surface area contributed by atoms with Crippen LogP contribution in [-0.4, -0.2) is 76.8 Å². The minimum atomic E-state index is 0.274. The van der Waals surface area contributed by atoms with Gasteiger partial charge in [0.25, 0.3) is 0 Å². The fourth-order valence-corrected chi connectivity index (χ4v) is 2.32. The lowest BCUT2D eigenvalue weighted by Crippen LogP contribution is -2.59. The van der Waals surface area contributed by atoms with E-state index < -0.39 is 0 Å². The summed E-state index contributed by atoms with van der Waals surface area (Å²) in [6.45, 7) is 12.2. The van der Waals surface area contributed by atoms with E-state index in [1.807, 2.05) is 0 Å². The SMILES string of the molecule is CCC1(C)CNCCN1CCOCCOCCOC. The quantitative estimate of drug-likeness (QED) is 0.595. The molecule has 1 aliphatic heterocycles. The number of nitrogens with zero attached hydrogens (tertiary/aromatic N) is 1. The number of hydrogen-bond donors (Lipinski definition) is 1. The van der Waals surface area contributed by atoms with Crippen molar-refractivity contribution in [3.05, 3.63) is 0 Å². The number of piperazine rings is 1. The van der Waals surface area contributed by atoms with Crippen LogP contribution in [0.2, 0.25) is 0 Å². The van der Waals surface area contributed by atoms with Gasteiger partial charge in [0.15, 0.2) is 0 Å². The highest BCUT2D eigenvalue weighted by Crippen LogP contribution is 2.20. The number of hydrogen-bond acceptors (Lipinski definition) is 5. The molecule has 1 saturated heterocycles. The van der Waals surface area contributed by atoms with Crippen LogP contribution in [0.25, 0.3) is 0 Å². The smallest absolute Gasteiger partial charge is 0.0701 e. The molecule has 0 aromatic carbocycles. The lowest BCUT2D eigenvalue weighted by molar-refractivity contribution is 0.00198. The Morgan fingerprint density at radius 2 is 1.79 bits per heavy atom. The summed E-state index contributed by atoms with van der Waals surface area (Å²) >= 11 is 0. The molecule has 1 aliphatic rings. The minimum Gasteiger partial charge on any atom is -0.382 e. The van der Waals surface area contributed by atoms with Gasteiger partial charge in [-0.2, -0.15) is 0 Å². The third-order valence-corrected chi connectivity index (χ3v) is 3.90. The second kappa shape index (κ2) is 9.66. The lowest BCUT2D eigenvalue weighted by Gasteiger charge is -2.44. The first kappa shape index (κ1) is 16.9. The Labute approximate surface area is 117 Å². The zero-order valence-corrected chi connectivity index (χ0v) is 12.7. The maximum atomic E-state index is 5.63. The summed E-state index contributed by atoms with van der Waals surface area (Å²) in [6.07, 6.45) is 1.17. The van der Waals surface area contributed by atoms with E-state index in [4.69, 9.17) is 14.2 Å². The molecule has 0 radical (unpaired) electrons. The maximum Gasteiger partial charge on any atom is 0.0701 e. The number of nitrogens with one attached hydrogen (secondary N) is 1. The molecule has 5 nitrogen and oxygen atoms in total. The van der Waals surface area contributed by atoms with Crippen molar-refractivity contribution in [2.75, 3.05) is 66.3 Å².